The van der Waals surface area contributed by atoms with Crippen molar-refractivity contribution in [2.45, 2.75) is 51.2 Å². The lowest BCUT2D eigenvalue weighted by molar-refractivity contribution is 0.122. The van der Waals surface area contributed by atoms with Crippen LogP contribution in [0.15, 0.2) is 30.7 Å². The zero-order valence-electron chi connectivity index (χ0n) is 13.3. The van der Waals surface area contributed by atoms with E-state index in [0.29, 0.717) is 6.10 Å². The first-order valence-corrected chi connectivity index (χ1v) is 8.63. The summed E-state index contributed by atoms with van der Waals surface area (Å²) in [6, 6.07) is 4.37. The lowest BCUT2D eigenvalue weighted by Gasteiger charge is -2.22. The van der Waals surface area contributed by atoms with E-state index in [1.807, 2.05) is 12.5 Å². The predicted molar refractivity (Wildman–Crippen MR) is 89.9 cm³/mol. The van der Waals surface area contributed by atoms with E-state index < -0.39 is 0 Å². The van der Waals surface area contributed by atoms with Gasteiger partial charge in [-0.2, -0.15) is 0 Å². The molecule has 0 radical (unpaired) electrons. The Morgan fingerprint density at radius 1 is 1.18 bits per heavy atom. The number of hydrogen-bond acceptors (Lipinski definition) is 4. The smallest absolute Gasteiger partial charge is 0.128 e. The van der Waals surface area contributed by atoms with Gasteiger partial charge in [-0.15, -0.1) is 0 Å². The molecule has 1 aromatic rings. The lowest BCUT2D eigenvalue weighted by Crippen LogP contribution is -2.29. The van der Waals surface area contributed by atoms with Gasteiger partial charge in [0.05, 0.1) is 6.26 Å². The topological polar surface area (TPSA) is 37.4 Å². The van der Waals surface area contributed by atoms with E-state index in [-0.39, 0.29) is 0 Å². The van der Waals surface area contributed by atoms with Crippen LogP contribution in [0, 0.1) is 0 Å². The normalized spacial score (nSPS) is 22.2. The molecule has 0 unspecified atom stereocenters. The molecule has 2 aliphatic heterocycles. The number of rotatable bonds is 5. The van der Waals surface area contributed by atoms with Gasteiger partial charge >= 0.3 is 0 Å². The minimum absolute atomic E-state index is 0.314. The number of anilines is 1. The van der Waals surface area contributed by atoms with Gasteiger partial charge in [0.1, 0.15) is 11.9 Å². The van der Waals surface area contributed by atoms with Crippen molar-refractivity contribution in [1.82, 2.24) is 10.3 Å². The second-order valence-electron chi connectivity index (χ2n) is 6.26. The van der Waals surface area contributed by atoms with E-state index in [0.717, 1.165) is 44.8 Å². The molecule has 1 fully saturated rings. The van der Waals surface area contributed by atoms with E-state index in [1.165, 1.54) is 31.2 Å². The predicted octanol–water partition coefficient (Wildman–Crippen LogP) is 3.24. The molecule has 2 aliphatic rings. The summed E-state index contributed by atoms with van der Waals surface area (Å²) >= 11 is 0. The van der Waals surface area contributed by atoms with Gasteiger partial charge in [0.2, 0.25) is 0 Å². The number of ether oxygens (including phenoxy) is 1. The third-order valence-electron chi connectivity index (χ3n) is 4.46. The number of pyridine rings is 1. The summed E-state index contributed by atoms with van der Waals surface area (Å²) < 4.78 is 5.56. The fraction of sp³-hybridized carbons (Fsp3) is 0.611. The summed E-state index contributed by atoms with van der Waals surface area (Å²) in [5, 5.41) is 3.47. The Hall–Kier alpha value is -1.55. The lowest BCUT2D eigenvalue weighted by atomic mass is 10.1. The van der Waals surface area contributed by atoms with E-state index >= 15 is 0 Å². The Morgan fingerprint density at radius 3 is 2.73 bits per heavy atom. The summed E-state index contributed by atoms with van der Waals surface area (Å²) in [4.78, 5) is 7.08. The van der Waals surface area contributed by atoms with E-state index in [9.17, 15) is 0 Å². The van der Waals surface area contributed by atoms with Gasteiger partial charge in [0, 0.05) is 32.4 Å². The molecule has 0 aliphatic carbocycles. The molecule has 0 spiro atoms. The Kier molecular flexibility index (Phi) is 5.71. The molecule has 4 nitrogen and oxygen atoms in total. The van der Waals surface area contributed by atoms with Crippen LogP contribution in [0.4, 0.5) is 5.82 Å². The van der Waals surface area contributed by atoms with E-state index in [2.05, 4.69) is 33.4 Å². The molecule has 1 aromatic heterocycles. The van der Waals surface area contributed by atoms with Crippen LogP contribution in [0.25, 0.3) is 0 Å². The maximum Gasteiger partial charge on any atom is 0.128 e. The molecule has 1 saturated heterocycles. The minimum Gasteiger partial charge on any atom is -0.497 e. The van der Waals surface area contributed by atoms with Crippen molar-refractivity contribution in [2.24, 2.45) is 0 Å². The Bertz CT molecular complexity index is 464. The van der Waals surface area contributed by atoms with Crippen molar-refractivity contribution >= 4 is 5.82 Å². The Labute approximate surface area is 133 Å². The second kappa shape index (κ2) is 8.18. The second-order valence-corrected chi connectivity index (χ2v) is 6.26. The summed E-state index contributed by atoms with van der Waals surface area (Å²) in [6.45, 7) is 4.06. The molecule has 0 bridgehead atoms. The van der Waals surface area contributed by atoms with Gasteiger partial charge < -0.3 is 15.0 Å². The molecular formula is C18H27N3O. The maximum atomic E-state index is 5.56. The van der Waals surface area contributed by atoms with Crippen LogP contribution < -0.4 is 10.2 Å². The summed E-state index contributed by atoms with van der Waals surface area (Å²) in [5.41, 5.74) is 1.24. The molecule has 0 saturated carbocycles. The fourth-order valence-corrected chi connectivity index (χ4v) is 3.12. The van der Waals surface area contributed by atoms with Crippen LogP contribution in [0.2, 0.25) is 0 Å². The summed E-state index contributed by atoms with van der Waals surface area (Å²) in [5.74, 6) is 1.13. The first-order valence-electron chi connectivity index (χ1n) is 8.63. The minimum atomic E-state index is 0.314. The van der Waals surface area contributed by atoms with E-state index in [4.69, 9.17) is 4.74 Å². The van der Waals surface area contributed by atoms with Gasteiger partial charge in [0.25, 0.3) is 0 Å². The quantitative estimate of drug-likeness (QED) is 0.906. The van der Waals surface area contributed by atoms with Crippen molar-refractivity contribution < 1.29 is 4.74 Å². The van der Waals surface area contributed by atoms with Crippen LogP contribution in [-0.4, -0.2) is 30.7 Å². The van der Waals surface area contributed by atoms with Gasteiger partial charge in [-0.1, -0.05) is 18.9 Å². The van der Waals surface area contributed by atoms with Gasteiger partial charge in [-0.3, -0.25) is 0 Å². The maximum absolute atomic E-state index is 5.56. The van der Waals surface area contributed by atoms with Crippen LogP contribution in [-0.2, 0) is 11.3 Å². The molecule has 4 heteroatoms. The third kappa shape index (κ3) is 4.47. The molecule has 3 heterocycles. The zero-order valence-corrected chi connectivity index (χ0v) is 13.3. The molecule has 0 amide bonds. The first-order chi connectivity index (χ1) is 10.9. The van der Waals surface area contributed by atoms with Crippen molar-refractivity contribution in [3.8, 4) is 0 Å². The van der Waals surface area contributed by atoms with Gasteiger partial charge in [-0.25, -0.2) is 4.98 Å². The summed E-state index contributed by atoms with van der Waals surface area (Å²) in [7, 11) is 0. The Morgan fingerprint density at radius 2 is 2.05 bits per heavy atom. The highest BCUT2D eigenvalue weighted by atomic mass is 16.5. The average Bonchev–Trinajstić information content (AvgIpc) is 2.86. The number of nitrogens with zero attached hydrogens (tertiary/aromatic N) is 2. The molecule has 1 atom stereocenters. The largest absolute Gasteiger partial charge is 0.497 e. The van der Waals surface area contributed by atoms with Crippen LogP contribution in [0.1, 0.15) is 44.1 Å². The van der Waals surface area contributed by atoms with Gasteiger partial charge in [0.15, 0.2) is 0 Å². The first kappa shape index (κ1) is 15.3. The van der Waals surface area contributed by atoms with Crippen molar-refractivity contribution in [3.63, 3.8) is 0 Å². The highest BCUT2D eigenvalue weighted by Gasteiger charge is 2.12. The van der Waals surface area contributed by atoms with Gasteiger partial charge in [-0.05, 0) is 43.4 Å². The number of aromatic nitrogens is 1. The number of nitrogens with one attached hydrogen (secondary N) is 1. The van der Waals surface area contributed by atoms with Crippen molar-refractivity contribution in [1.29, 1.82) is 0 Å². The highest BCUT2D eigenvalue weighted by molar-refractivity contribution is 5.39. The van der Waals surface area contributed by atoms with Crippen molar-refractivity contribution in [2.75, 3.05) is 24.5 Å². The third-order valence-corrected chi connectivity index (χ3v) is 4.46. The van der Waals surface area contributed by atoms with E-state index in [1.54, 1.807) is 0 Å². The zero-order chi connectivity index (χ0) is 15.0. The Balaban J connectivity index is 1.45. The monoisotopic (exact) mass is 301 g/mol. The van der Waals surface area contributed by atoms with Crippen LogP contribution in [0.3, 0.4) is 0 Å². The van der Waals surface area contributed by atoms with Crippen LogP contribution in [0.5, 0.6) is 0 Å². The van der Waals surface area contributed by atoms with Crippen molar-refractivity contribution in [3.05, 3.63) is 36.2 Å². The average molecular weight is 301 g/mol. The molecule has 3 rings (SSSR count). The highest BCUT2D eigenvalue weighted by Crippen LogP contribution is 2.17. The molecule has 120 valence electrons. The number of hydrogen-bond donors (Lipinski definition) is 1. The molecule has 22 heavy (non-hydrogen) atoms. The molecular weight excluding hydrogens is 274 g/mol. The standard InChI is InChI=1S/C18H27N3O/c1-2-5-11-21(10-4-1)18-9-8-16(14-20-18)13-19-15-17-7-3-6-12-22-17/h6,8-9,12,14,17,19H,1-5,7,10-11,13,15H2/t17-/m1/s1. The SMILES string of the molecule is C1=CO[C@@H](CNCc2ccc(N3CCCCCC3)nc2)CC1. The number of allylic oxidation sites excluding steroid dienone is 1. The van der Waals surface area contributed by atoms with Crippen LogP contribution >= 0.6 is 0 Å². The molecule has 1 N–H and O–H groups in total. The fourth-order valence-electron chi connectivity index (χ4n) is 3.12. The summed E-state index contributed by atoms with van der Waals surface area (Å²) in [6.07, 6.45) is 13.8. The molecule has 0 aromatic carbocycles.